The van der Waals surface area contributed by atoms with E-state index in [1.807, 2.05) is 0 Å². The highest BCUT2D eigenvalue weighted by Gasteiger charge is 2.14. The van der Waals surface area contributed by atoms with Crippen LogP contribution in [0.15, 0.2) is 12.3 Å². The second-order valence-corrected chi connectivity index (χ2v) is 9.77. The van der Waals surface area contributed by atoms with Gasteiger partial charge in [-0.25, -0.2) is 0 Å². The lowest BCUT2D eigenvalue weighted by molar-refractivity contribution is 0.479. The Morgan fingerprint density at radius 3 is 1.71 bits per heavy atom. The molecule has 0 unspecified atom stereocenters. The molecule has 0 fully saturated rings. The third kappa shape index (κ3) is 9.24. The Balaban J connectivity index is 3.04. The van der Waals surface area contributed by atoms with Crippen LogP contribution in [-0.4, -0.2) is 61.2 Å². The lowest BCUT2D eigenvalue weighted by Gasteiger charge is -2.10. The number of rotatable bonds is 9. The molecule has 0 aromatic carbocycles. The Morgan fingerprint density at radius 2 is 1.21 bits per heavy atom. The monoisotopic (exact) mass is 403 g/mol. The van der Waals surface area contributed by atoms with Crippen LogP contribution < -0.4 is 0 Å². The van der Waals surface area contributed by atoms with Crippen LogP contribution in [0.2, 0.25) is 0 Å². The Kier molecular flexibility index (Phi) is 6.84. The summed E-state index contributed by atoms with van der Waals surface area (Å²) in [5.41, 5.74) is 0.879. The van der Waals surface area contributed by atoms with Crippen LogP contribution in [0.4, 0.5) is 0 Å². The molecule has 0 aliphatic heterocycles. The molecule has 1 aromatic rings. The predicted octanol–water partition coefficient (Wildman–Crippen LogP) is -0.627. The number of pyridine rings is 1. The summed E-state index contributed by atoms with van der Waals surface area (Å²) in [7, 11) is -12.7. The SMILES string of the molecule is O=S(=O)(O)CCc1cnc(CCS(=O)(=O)O)c(CCS(=O)(=O)O)c1. The van der Waals surface area contributed by atoms with Crippen molar-refractivity contribution in [3.8, 4) is 0 Å². The predicted molar refractivity (Wildman–Crippen MR) is 84.6 cm³/mol. The smallest absolute Gasteiger partial charge is 0.265 e. The third-order valence-electron chi connectivity index (χ3n) is 2.99. The molecule has 0 saturated heterocycles. The second kappa shape index (κ2) is 7.84. The van der Waals surface area contributed by atoms with Gasteiger partial charge in [-0.05, 0) is 24.0 Å². The highest BCUT2D eigenvalue weighted by Crippen LogP contribution is 2.13. The maximum atomic E-state index is 10.9. The summed E-state index contributed by atoms with van der Waals surface area (Å²) in [6.07, 6.45) is 0.829. The molecular weight excluding hydrogens is 386 g/mol. The molecule has 3 N–H and O–H groups in total. The summed E-state index contributed by atoms with van der Waals surface area (Å²) >= 11 is 0. The molecule has 0 atom stereocenters. The van der Waals surface area contributed by atoms with Crippen LogP contribution in [0.25, 0.3) is 0 Å². The van der Waals surface area contributed by atoms with Gasteiger partial charge in [0.05, 0.1) is 17.3 Å². The van der Waals surface area contributed by atoms with E-state index in [1.165, 1.54) is 12.3 Å². The first-order valence-corrected chi connectivity index (χ1v) is 11.4. The molecule has 0 radical (unpaired) electrons. The Morgan fingerprint density at radius 1 is 0.750 bits per heavy atom. The van der Waals surface area contributed by atoms with Crippen molar-refractivity contribution in [1.82, 2.24) is 4.98 Å². The molecule has 24 heavy (non-hydrogen) atoms. The zero-order valence-corrected chi connectivity index (χ0v) is 14.8. The average molecular weight is 403 g/mol. The molecule has 1 rings (SSSR count). The average Bonchev–Trinajstić information content (AvgIpc) is 2.39. The van der Waals surface area contributed by atoms with Gasteiger partial charge >= 0.3 is 0 Å². The van der Waals surface area contributed by atoms with Crippen LogP contribution in [0.5, 0.6) is 0 Å². The lowest BCUT2D eigenvalue weighted by atomic mass is 10.1. The second-order valence-electron chi connectivity index (χ2n) is 5.06. The maximum absolute atomic E-state index is 10.9. The minimum absolute atomic E-state index is 0.0801. The fourth-order valence-corrected chi connectivity index (χ4v) is 3.30. The molecule has 0 aliphatic carbocycles. The number of hydrogen-bond donors (Lipinski definition) is 3. The minimum Gasteiger partial charge on any atom is -0.286 e. The lowest BCUT2D eigenvalue weighted by Crippen LogP contribution is -2.14. The zero-order chi connectivity index (χ0) is 18.6. The Labute approximate surface area is 140 Å². The van der Waals surface area contributed by atoms with Crippen LogP contribution in [0.1, 0.15) is 16.8 Å². The molecule has 0 amide bonds. The van der Waals surface area contributed by atoms with E-state index in [-0.39, 0.29) is 25.0 Å². The van der Waals surface area contributed by atoms with Crippen molar-refractivity contribution < 1.29 is 38.9 Å². The quantitative estimate of drug-likeness (QED) is 0.450. The van der Waals surface area contributed by atoms with Crippen molar-refractivity contribution in [2.24, 2.45) is 0 Å². The molecule has 138 valence electrons. The topological polar surface area (TPSA) is 176 Å². The molecule has 0 bridgehead atoms. The van der Waals surface area contributed by atoms with Crippen molar-refractivity contribution in [1.29, 1.82) is 0 Å². The number of aromatic nitrogens is 1. The van der Waals surface area contributed by atoms with E-state index >= 15 is 0 Å². The maximum Gasteiger partial charge on any atom is 0.265 e. The van der Waals surface area contributed by atoms with Gasteiger partial charge in [0.15, 0.2) is 0 Å². The Hall–Kier alpha value is -1.12. The number of hydrogen-bond acceptors (Lipinski definition) is 7. The Bertz CT molecular complexity index is 889. The van der Waals surface area contributed by atoms with E-state index < -0.39 is 47.6 Å². The highest BCUT2D eigenvalue weighted by atomic mass is 32.2. The van der Waals surface area contributed by atoms with Crippen molar-refractivity contribution in [3.05, 3.63) is 29.1 Å². The van der Waals surface area contributed by atoms with E-state index in [0.717, 1.165) is 0 Å². The van der Waals surface area contributed by atoms with Gasteiger partial charge in [-0.1, -0.05) is 6.07 Å². The first-order chi connectivity index (χ1) is 10.8. The highest BCUT2D eigenvalue weighted by molar-refractivity contribution is 7.86. The van der Waals surface area contributed by atoms with Crippen LogP contribution in [0, 0.1) is 0 Å². The van der Waals surface area contributed by atoms with Crippen LogP contribution in [-0.2, 0) is 49.6 Å². The van der Waals surface area contributed by atoms with Crippen LogP contribution in [0.3, 0.4) is 0 Å². The molecule has 1 heterocycles. The minimum atomic E-state index is -4.26. The molecule has 0 saturated carbocycles. The van der Waals surface area contributed by atoms with Gasteiger partial charge in [0, 0.05) is 18.3 Å². The first kappa shape index (κ1) is 20.9. The van der Waals surface area contributed by atoms with E-state index in [4.69, 9.17) is 13.7 Å². The van der Waals surface area contributed by atoms with Crippen molar-refractivity contribution in [2.45, 2.75) is 19.3 Å². The fraction of sp³-hybridized carbons (Fsp3) is 0.545. The van der Waals surface area contributed by atoms with Gasteiger partial charge in [0.1, 0.15) is 0 Å². The summed E-state index contributed by atoms with van der Waals surface area (Å²) in [6, 6.07) is 1.42. The molecule has 1 aromatic heterocycles. The summed E-state index contributed by atoms with van der Waals surface area (Å²) < 4.78 is 91.2. The van der Waals surface area contributed by atoms with Crippen molar-refractivity contribution >= 4 is 30.4 Å². The van der Waals surface area contributed by atoms with E-state index in [1.54, 1.807) is 0 Å². The summed E-state index contributed by atoms with van der Waals surface area (Å²) in [4.78, 5) is 3.95. The van der Waals surface area contributed by atoms with E-state index in [9.17, 15) is 25.3 Å². The van der Waals surface area contributed by atoms with E-state index in [0.29, 0.717) is 11.1 Å². The van der Waals surface area contributed by atoms with Crippen LogP contribution >= 0.6 is 0 Å². The zero-order valence-electron chi connectivity index (χ0n) is 12.4. The fourth-order valence-electron chi connectivity index (χ4n) is 1.88. The summed E-state index contributed by atoms with van der Waals surface area (Å²) in [6.45, 7) is 0. The largest absolute Gasteiger partial charge is 0.286 e. The molecule has 10 nitrogen and oxygen atoms in total. The summed E-state index contributed by atoms with van der Waals surface area (Å²) in [5.74, 6) is -1.81. The normalized spacial score (nSPS) is 13.1. The molecule has 13 heteroatoms. The standard InChI is InChI=1S/C11H17NO9S3/c13-22(14,15)4-1-9-7-10(2-5-23(16,17)18)11(12-8-9)3-6-24(19,20)21/h7-8H,1-6H2,(H,13,14,15)(H,16,17,18)(H,19,20,21). The first-order valence-electron chi connectivity index (χ1n) is 6.57. The van der Waals surface area contributed by atoms with Gasteiger partial charge in [-0.2, -0.15) is 25.3 Å². The molecule has 0 spiro atoms. The number of aryl methyl sites for hydroxylation is 3. The van der Waals surface area contributed by atoms with E-state index in [2.05, 4.69) is 4.98 Å². The van der Waals surface area contributed by atoms with Crippen molar-refractivity contribution in [3.63, 3.8) is 0 Å². The number of nitrogens with zero attached hydrogens (tertiary/aromatic N) is 1. The van der Waals surface area contributed by atoms with Gasteiger partial charge in [0.25, 0.3) is 30.4 Å². The molecular formula is C11H17NO9S3. The summed E-state index contributed by atoms with van der Waals surface area (Å²) in [5, 5.41) is 0. The third-order valence-corrected chi connectivity index (χ3v) is 5.15. The van der Waals surface area contributed by atoms with Gasteiger partial charge in [-0.15, -0.1) is 0 Å². The van der Waals surface area contributed by atoms with Gasteiger partial charge in [-0.3, -0.25) is 18.6 Å². The molecule has 0 aliphatic rings. The van der Waals surface area contributed by atoms with Crippen molar-refractivity contribution in [2.75, 3.05) is 17.3 Å². The van der Waals surface area contributed by atoms with Gasteiger partial charge < -0.3 is 0 Å². The van der Waals surface area contributed by atoms with Gasteiger partial charge in [0.2, 0.25) is 0 Å².